The highest BCUT2D eigenvalue weighted by atomic mass is 32.2. The number of benzene rings is 1. The molecule has 184 valence electrons. The molecule has 1 aromatic rings. The molecule has 0 spiro atoms. The summed E-state index contributed by atoms with van der Waals surface area (Å²) in [6, 6.07) is 6.16. The van der Waals surface area contributed by atoms with E-state index in [1.54, 1.807) is 4.90 Å². The molecule has 5 rings (SSSR count). The second kappa shape index (κ2) is 10.8. The molecule has 1 N–H and O–H groups in total. The topological polar surface area (TPSA) is 73.0 Å². The van der Waals surface area contributed by atoms with Gasteiger partial charge in [-0.15, -0.1) is 11.8 Å². The van der Waals surface area contributed by atoms with Crippen LogP contribution in [0.3, 0.4) is 0 Å². The van der Waals surface area contributed by atoms with Crippen LogP contribution >= 0.6 is 11.8 Å². The van der Waals surface area contributed by atoms with Crippen LogP contribution in [0.15, 0.2) is 23.1 Å². The van der Waals surface area contributed by atoms with Crippen molar-refractivity contribution in [2.45, 2.75) is 74.9 Å². The van der Waals surface area contributed by atoms with E-state index in [2.05, 4.69) is 21.2 Å². The Bertz CT molecular complexity index is 939. The number of amides is 3. The van der Waals surface area contributed by atoms with Crippen LogP contribution in [0.2, 0.25) is 0 Å². The Balaban J connectivity index is 1.03. The first-order valence-corrected chi connectivity index (χ1v) is 13.9. The third-order valence-corrected chi connectivity index (χ3v) is 9.04. The lowest BCUT2D eigenvalue weighted by Crippen LogP contribution is -2.52. The molecule has 3 atom stereocenters. The minimum Gasteiger partial charge on any atom is -0.322 e. The maximum absolute atomic E-state index is 13.0. The Labute approximate surface area is 206 Å². The van der Waals surface area contributed by atoms with Gasteiger partial charge in [0.05, 0.1) is 0 Å². The third-order valence-electron chi connectivity index (χ3n) is 7.85. The van der Waals surface area contributed by atoms with E-state index in [9.17, 15) is 14.4 Å². The average molecular weight is 485 g/mol. The third kappa shape index (κ3) is 5.19. The summed E-state index contributed by atoms with van der Waals surface area (Å²) in [5, 5.41) is 2.37. The summed E-state index contributed by atoms with van der Waals surface area (Å²) in [5.74, 6) is 0.356. The van der Waals surface area contributed by atoms with Crippen LogP contribution in [0.5, 0.6) is 0 Å². The molecule has 7 nitrogen and oxygen atoms in total. The summed E-state index contributed by atoms with van der Waals surface area (Å²) in [4.78, 5) is 44.8. The highest BCUT2D eigenvalue weighted by Gasteiger charge is 2.39. The van der Waals surface area contributed by atoms with Crippen molar-refractivity contribution >= 4 is 29.5 Å². The van der Waals surface area contributed by atoms with E-state index in [1.165, 1.54) is 71.2 Å². The molecular weight excluding hydrogens is 448 g/mol. The number of unbranched alkanes of at least 4 members (excludes halogenated alkanes) is 4. The average Bonchev–Trinajstić information content (AvgIpc) is 3.38. The molecule has 2 bridgehead atoms. The van der Waals surface area contributed by atoms with E-state index in [4.69, 9.17) is 0 Å². The summed E-state index contributed by atoms with van der Waals surface area (Å²) in [5.41, 5.74) is 1.74. The maximum atomic E-state index is 13.0. The van der Waals surface area contributed by atoms with Gasteiger partial charge in [-0.25, -0.2) is 0 Å². The van der Waals surface area contributed by atoms with Crippen molar-refractivity contribution in [3.63, 3.8) is 0 Å². The van der Waals surface area contributed by atoms with Crippen molar-refractivity contribution in [1.82, 2.24) is 20.0 Å². The highest BCUT2D eigenvalue weighted by molar-refractivity contribution is 7.99. The van der Waals surface area contributed by atoms with Gasteiger partial charge in [-0.05, 0) is 62.2 Å². The number of thioether (sulfide) groups is 1. The monoisotopic (exact) mass is 484 g/mol. The Kier molecular flexibility index (Phi) is 7.56. The van der Waals surface area contributed by atoms with Crippen molar-refractivity contribution in [3.05, 3.63) is 29.3 Å². The minimum atomic E-state index is -0.548. The van der Waals surface area contributed by atoms with Crippen molar-refractivity contribution in [3.8, 4) is 0 Å². The van der Waals surface area contributed by atoms with Crippen LogP contribution in [-0.2, 0) is 16.1 Å². The zero-order chi connectivity index (χ0) is 23.5. The smallest absolute Gasteiger partial charge is 0.255 e. The SMILES string of the molecule is O=C1CCC(N2Cc3c(SCCCCCCCN4CCN5CCC4C5)cccc3C2=O)C(=O)N1. The molecule has 0 aromatic heterocycles. The minimum absolute atomic E-state index is 0.0917. The van der Waals surface area contributed by atoms with Crippen LogP contribution in [0.25, 0.3) is 0 Å². The number of piperazine rings is 1. The Hall–Kier alpha value is -1.90. The molecule has 34 heavy (non-hydrogen) atoms. The molecule has 3 fully saturated rings. The van der Waals surface area contributed by atoms with Crippen LogP contribution < -0.4 is 5.32 Å². The van der Waals surface area contributed by atoms with Gasteiger partial charge in [-0.3, -0.25) is 24.6 Å². The zero-order valence-corrected chi connectivity index (χ0v) is 20.8. The largest absolute Gasteiger partial charge is 0.322 e. The molecule has 3 unspecified atom stereocenters. The highest BCUT2D eigenvalue weighted by Crippen LogP contribution is 2.34. The lowest BCUT2D eigenvalue weighted by molar-refractivity contribution is -0.136. The number of nitrogens with one attached hydrogen (secondary N) is 1. The first kappa shape index (κ1) is 23.8. The van der Waals surface area contributed by atoms with Gasteiger partial charge in [0.2, 0.25) is 11.8 Å². The molecule has 8 heteroatoms. The summed E-state index contributed by atoms with van der Waals surface area (Å²) in [6.45, 7) is 6.82. The Morgan fingerprint density at radius 2 is 1.82 bits per heavy atom. The second-order valence-electron chi connectivity index (χ2n) is 10.1. The number of carbonyl (C=O) groups excluding carboxylic acids is 3. The van der Waals surface area contributed by atoms with Crippen LogP contribution in [0, 0.1) is 0 Å². The van der Waals surface area contributed by atoms with E-state index >= 15 is 0 Å². The van der Waals surface area contributed by atoms with Crippen molar-refractivity contribution in [2.24, 2.45) is 0 Å². The first-order chi connectivity index (χ1) is 16.6. The first-order valence-electron chi connectivity index (χ1n) is 13.0. The van der Waals surface area contributed by atoms with E-state index in [0.717, 1.165) is 22.3 Å². The summed E-state index contributed by atoms with van der Waals surface area (Å²) < 4.78 is 0. The van der Waals surface area contributed by atoms with Gasteiger partial charge in [-0.1, -0.05) is 25.3 Å². The number of hydrogen-bond donors (Lipinski definition) is 1. The van der Waals surface area contributed by atoms with Crippen molar-refractivity contribution in [1.29, 1.82) is 0 Å². The van der Waals surface area contributed by atoms with Gasteiger partial charge < -0.3 is 9.80 Å². The zero-order valence-electron chi connectivity index (χ0n) is 20.0. The van der Waals surface area contributed by atoms with Gasteiger partial charge in [0, 0.05) is 49.1 Å². The molecule has 1 aromatic carbocycles. The molecular formula is C26H36N4O3S. The van der Waals surface area contributed by atoms with Crippen LogP contribution in [-0.4, -0.2) is 83.0 Å². The van der Waals surface area contributed by atoms with Gasteiger partial charge in [-0.2, -0.15) is 0 Å². The fraction of sp³-hybridized carbons (Fsp3) is 0.654. The van der Waals surface area contributed by atoms with E-state index in [1.807, 2.05) is 23.9 Å². The molecule has 3 saturated heterocycles. The normalized spacial score (nSPS) is 26.8. The quantitative estimate of drug-likeness (QED) is 0.313. The Morgan fingerprint density at radius 1 is 0.971 bits per heavy atom. The summed E-state index contributed by atoms with van der Waals surface area (Å²) >= 11 is 1.83. The maximum Gasteiger partial charge on any atom is 0.255 e. The van der Waals surface area contributed by atoms with Gasteiger partial charge in [0.1, 0.15) is 6.04 Å². The molecule has 4 aliphatic rings. The Morgan fingerprint density at radius 3 is 2.71 bits per heavy atom. The number of hydrogen-bond acceptors (Lipinski definition) is 6. The molecule has 4 heterocycles. The molecule has 0 saturated carbocycles. The number of nitrogens with zero attached hydrogens (tertiary/aromatic N) is 3. The van der Waals surface area contributed by atoms with Crippen molar-refractivity contribution in [2.75, 3.05) is 38.5 Å². The molecule has 3 amide bonds. The number of imide groups is 1. The number of piperidine rings is 1. The van der Waals surface area contributed by atoms with Gasteiger partial charge in [0.15, 0.2) is 0 Å². The lowest BCUT2D eigenvalue weighted by atomic mass is 10.0. The van der Waals surface area contributed by atoms with Crippen LogP contribution in [0.4, 0.5) is 0 Å². The van der Waals surface area contributed by atoms with E-state index in [0.29, 0.717) is 18.5 Å². The van der Waals surface area contributed by atoms with E-state index < -0.39 is 6.04 Å². The molecule has 4 aliphatic heterocycles. The van der Waals surface area contributed by atoms with Crippen molar-refractivity contribution < 1.29 is 14.4 Å². The predicted octanol–water partition coefficient (Wildman–Crippen LogP) is 2.88. The number of rotatable bonds is 10. The van der Waals surface area contributed by atoms with E-state index in [-0.39, 0.29) is 24.1 Å². The number of carbonyl (C=O) groups is 3. The standard InChI is InChI=1S/C26H36N4O3S/c31-24-10-9-22(25(32)27-24)30-18-21-20(26(30)33)7-6-8-23(21)34-16-5-3-1-2-4-12-29-15-14-28-13-11-19(29)17-28/h6-8,19,22H,1-5,9-18H2,(H,27,31,32). The predicted molar refractivity (Wildman–Crippen MR) is 133 cm³/mol. The molecule has 0 aliphatic carbocycles. The number of fused-ring (bicyclic) bond motifs is 3. The lowest BCUT2D eigenvalue weighted by Gasteiger charge is -2.34. The van der Waals surface area contributed by atoms with Gasteiger partial charge in [0.25, 0.3) is 5.91 Å². The van der Waals surface area contributed by atoms with Gasteiger partial charge >= 0.3 is 0 Å². The summed E-state index contributed by atoms with van der Waals surface area (Å²) in [6.07, 6.45) is 8.40. The van der Waals surface area contributed by atoms with Crippen LogP contribution in [0.1, 0.15) is 67.3 Å². The fourth-order valence-electron chi connectivity index (χ4n) is 5.88. The fourth-order valence-corrected chi connectivity index (χ4v) is 6.97. The molecule has 0 radical (unpaired) electrons. The second-order valence-corrected chi connectivity index (χ2v) is 11.2. The summed E-state index contributed by atoms with van der Waals surface area (Å²) in [7, 11) is 0.